The molecule has 0 saturated carbocycles. The molecule has 0 atom stereocenters. The van der Waals surface area contributed by atoms with Gasteiger partial charge in [0.05, 0.1) is 11.5 Å². The number of piperazine rings is 1. The van der Waals surface area contributed by atoms with E-state index in [2.05, 4.69) is 5.32 Å². The van der Waals surface area contributed by atoms with Gasteiger partial charge in [0.25, 0.3) is 15.7 Å². The third-order valence-corrected chi connectivity index (χ3v) is 8.06. The molecule has 1 amide bonds. The second-order valence-corrected chi connectivity index (χ2v) is 10.3. The van der Waals surface area contributed by atoms with Crippen LogP contribution < -0.4 is 5.32 Å². The first-order valence-electron chi connectivity index (χ1n) is 9.00. The predicted octanol–water partition coefficient (Wildman–Crippen LogP) is 2.22. The maximum absolute atomic E-state index is 12.7. The summed E-state index contributed by atoms with van der Waals surface area (Å²) >= 11 is 1.25. The number of hydrogen-bond donors (Lipinski definition) is 1. The Kier molecular flexibility index (Phi) is 6.32. The van der Waals surface area contributed by atoms with Crippen molar-refractivity contribution in [2.45, 2.75) is 18.1 Å². The molecule has 1 aromatic carbocycles. The van der Waals surface area contributed by atoms with Crippen LogP contribution in [0.4, 0.5) is 11.4 Å². The summed E-state index contributed by atoms with van der Waals surface area (Å²) < 4.78 is 27.1. The van der Waals surface area contributed by atoms with Gasteiger partial charge >= 0.3 is 0 Å². The van der Waals surface area contributed by atoms with E-state index in [9.17, 15) is 23.3 Å². The van der Waals surface area contributed by atoms with Crippen LogP contribution in [0.1, 0.15) is 10.4 Å². The lowest BCUT2D eigenvalue weighted by molar-refractivity contribution is -0.385. The summed E-state index contributed by atoms with van der Waals surface area (Å²) in [5, 5.41) is 13.7. The number of hydrogen-bond acceptors (Lipinski definition) is 7. The third kappa shape index (κ3) is 4.99. The van der Waals surface area contributed by atoms with Crippen molar-refractivity contribution in [3.8, 4) is 0 Å². The fraction of sp³-hybridized carbons (Fsp3) is 0.389. The Hall–Kier alpha value is -2.34. The number of aryl methyl sites for hydroxylation is 2. The highest BCUT2D eigenvalue weighted by molar-refractivity contribution is 7.91. The normalized spacial score (nSPS) is 15.9. The lowest BCUT2D eigenvalue weighted by Crippen LogP contribution is -2.50. The van der Waals surface area contributed by atoms with Crippen LogP contribution in [0.2, 0.25) is 0 Å². The number of nitrogens with zero attached hydrogens (tertiary/aromatic N) is 3. The lowest BCUT2D eigenvalue weighted by Gasteiger charge is -2.33. The van der Waals surface area contributed by atoms with Crippen LogP contribution in [0.3, 0.4) is 0 Å². The highest BCUT2D eigenvalue weighted by atomic mass is 32.2. The van der Waals surface area contributed by atoms with Gasteiger partial charge in [0.15, 0.2) is 0 Å². The molecule has 0 bridgehead atoms. The average Bonchev–Trinajstić information content (AvgIpc) is 3.11. The lowest BCUT2D eigenvalue weighted by atomic mass is 10.2. The molecule has 1 fully saturated rings. The zero-order valence-corrected chi connectivity index (χ0v) is 17.8. The monoisotopic (exact) mass is 438 g/mol. The van der Waals surface area contributed by atoms with Crippen molar-refractivity contribution in [3.05, 3.63) is 50.9 Å². The Bertz CT molecular complexity index is 1030. The van der Waals surface area contributed by atoms with Crippen LogP contribution in [0.15, 0.2) is 34.5 Å². The maximum atomic E-state index is 12.7. The van der Waals surface area contributed by atoms with Crippen LogP contribution in [-0.2, 0) is 14.8 Å². The van der Waals surface area contributed by atoms with Crippen LogP contribution in [0.25, 0.3) is 0 Å². The van der Waals surface area contributed by atoms with E-state index in [1.165, 1.54) is 21.7 Å². The molecule has 0 aliphatic carbocycles. The van der Waals surface area contributed by atoms with Gasteiger partial charge in [0.1, 0.15) is 4.21 Å². The molecule has 1 aliphatic rings. The highest BCUT2D eigenvalue weighted by Gasteiger charge is 2.30. The fourth-order valence-electron chi connectivity index (χ4n) is 3.09. The number of rotatable bonds is 6. The molecule has 29 heavy (non-hydrogen) atoms. The summed E-state index contributed by atoms with van der Waals surface area (Å²) in [6.45, 7) is 5.08. The first-order chi connectivity index (χ1) is 13.7. The summed E-state index contributed by atoms with van der Waals surface area (Å²) in [4.78, 5) is 25.6. The molecular weight excluding hydrogens is 416 g/mol. The Morgan fingerprint density at radius 3 is 2.45 bits per heavy atom. The Labute approximate surface area is 173 Å². The Morgan fingerprint density at radius 2 is 1.86 bits per heavy atom. The number of sulfonamides is 1. The minimum atomic E-state index is -3.50. The summed E-state index contributed by atoms with van der Waals surface area (Å²) in [5.41, 5.74) is 0.832. The zero-order chi connectivity index (χ0) is 21.2. The SMILES string of the molecule is Cc1ccc(S(=O)(=O)N2CCN(CC(=O)Nc3ccc(C)c([N+](=O)[O-])c3)CC2)s1. The van der Waals surface area contributed by atoms with Gasteiger partial charge in [-0.15, -0.1) is 11.3 Å². The summed E-state index contributed by atoms with van der Waals surface area (Å²) in [7, 11) is -3.50. The molecule has 1 aliphatic heterocycles. The maximum Gasteiger partial charge on any atom is 0.274 e. The van der Waals surface area contributed by atoms with Crippen molar-refractivity contribution in [1.29, 1.82) is 0 Å². The van der Waals surface area contributed by atoms with Gasteiger partial charge < -0.3 is 5.32 Å². The molecule has 3 rings (SSSR count). The number of carbonyl (C=O) groups is 1. The number of benzene rings is 1. The van der Waals surface area contributed by atoms with E-state index in [0.29, 0.717) is 41.6 Å². The molecule has 2 aromatic rings. The van der Waals surface area contributed by atoms with E-state index >= 15 is 0 Å². The van der Waals surface area contributed by atoms with Gasteiger partial charge in [-0.2, -0.15) is 4.31 Å². The van der Waals surface area contributed by atoms with Crippen molar-refractivity contribution < 1.29 is 18.1 Å². The molecule has 0 unspecified atom stereocenters. The molecular formula is C18H22N4O5S2. The minimum absolute atomic E-state index is 0.0505. The second-order valence-electron chi connectivity index (χ2n) is 6.85. The molecule has 2 heterocycles. The van der Waals surface area contributed by atoms with Gasteiger partial charge in [0, 0.05) is 48.4 Å². The van der Waals surface area contributed by atoms with Crippen LogP contribution in [0, 0.1) is 24.0 Å². The summed E-state index contributed by atoms with van der Waals surface area (Å²) in [6, 6.07) is 7.95. The third-order valence-electron chi connectivity index (χ3n) is 4.70. The van der Waals surface area contributed by atoms with Gasteiger partial charge in [-0.3, -0.25) is 19.8 Å². The molecule has 1 N–H and O–H groups in total. The number of nitro groups is 1. The molecule has 1 aromatic heterocycles. The summed E-state index contributed by atoms with van der Waals surface area (Å²) in [6.07, 6.45) is 0. The van der Waals surface area contributed by atoms with E-state index < -0.39 is 14.9 Å². The van der Waals surface area contributed by atoms with Gasteiger partial charge in [-0.1, -0.05) is 6.07 Å². The first kappa shape index (κ1) is 21.4. The van der Waals surface area contributed by atoms with E-state index in [4.69, 9.17) is 0 Å². The molecule has 0 radical (unpaired) electrons. The largest absolute Gasteiger partial charge is 0.325 e. The van der Waals surface area contributed by atoms with Crippen LogP contribution >= 0.6 is 11.3 Å². The second kappa shape index (κ2) is 8.57. The number of nitro benzene ring substituents is 1. The van der Waals surface area contributed by atoms with E-state index in [0.717, 1.165) is 4.88 Å². The molecule has 9 nitrogen and oxygen atoms in total. The van der Waals surface area contributed by atoms with E-state index in [1.807, 2.05) is 11.8 Å². The molecule has 11 heteroatoms. The van der Waals surface area contributed by atoms with Crippen molar-refractivity contribution in [2.24, 2.45) is 0 Å². The standard InChI is InChI=1S/C18H22N4O5S2/c1-13-3-5-15(11-16(13)22(24)25)19-17(23)12-20-7-9-21(10-8-20)29(26,27)18-6-4-14(2)28-18/h3-6,11H,7-10,12H2,1-2H3,(H,19,23). The summed E-state index contributed by atoms with van der Waals surface area (Å²) in [5.74, 6) is -0.298. The number of nitrogens with one attached hydrogen (secondary N) is 1. The highest BCUT2D eigenvalue weighted by Crippen LogP contribution is 2.25. The topological polar surface area (TPSA) is 113 Å². The van der Waals surface area contributed by atoms with Crippen molar-refractivity contribution in [1.82, 2.24) is 9.21 Å². The molecule has 1 saturated heterocycles. The van der Waals surface area contributed by atoms with Crippen molar-refractivity contribution in [3.63, 3.8) is 0 Å². The van der Waals surface area contributed by atoms with Gasteiger partial charge in [-0.25, -0.2) is 8.42 Å². The van der Waals surface area contributed by atoms with Crippen LogP contribution in [0.5, 0.6) is 0 Å². The Balaban J connectivity index is 1.55. The number of thiophene rings is 1. The average molecular weight is 439 g/mol. The number of carbonyl (C=O) groups excluding carboxylic acids is 1. The minimum Gasteiger partial charge on any atom is -0.325 e. The first-order valence-corrected chi connectivity index (χ1v) is 11.3. The van der Waals surface area contributed by atoms with Crippen LogP contribution in [-0.4, -0.2) is 61.2 Å². The smallest absolute Gasteiger partial charge is 0.274 e. The van der Waals surface area contributed by atoms with E-state index in [1.54, 1.807) is 31.2 Å². The van der Waals surface area contributed by atoms with Gasteiger partial charge in [0.2, 0.25) is 5.91 Å². The quantitative estimate of drug-likeness (QED) is 0.547. The zero-order valence-electron chi connectivity index (χ0n) is 16.1. The van der Waals surface area contributed by atoms with Crippen molar-refractivity contribution >= 4 is 38.6 Å². The molecule has 156 valence electrons. The molecule has 0 spiro atoms. The predicted molar refractivity (Wildman–Crippen MR) is 111 cm³/mol. The van der Waals surface area contributed by atoms with E-state index in [-0.39, 0.29) is 18.1 Å². The number of amides is 1. The Morgan fingerprint density at radius 1 is 1.17 bits per heavy atom. The number of anilines is 1. The fourth-order valence-corrected chi connectivity index (χ4v) is 5.95. The van der Waals surface area contributed by atoms with Gasteiger partial charge in [-0.05, 0) is 32.0 Å². The van der Waals surface area contributed by atoms with Crippen molar-refractivity contribution in [2.75, 3.05) is 38.0 Å².